The van der Waals surface area contributed by atoms with Gasteiger partial charge in [-0.2, -0.15) is 4.31 Å². The van der Waals surface area contributed by atoms with E-state index in [0.717, 1.165) is 5.56 Å². The van der Waals surface area contributed by atoms with Crippen molar-refractivity contribution in [1.29, 1.82) is 0 Å². The topological polar surface area (TPSA) is 37.4 Å². The monoisotopic (exact) mass is 357 g/mol. The van der Waals surface area contributed by atoms with Crippen LogP contribution in [0.3, 0.4) is 0 Å². The summed E-state index contributed by atoms with van der Waals surface area (Å²) in [6.07, 6.45) is 0. The Balaban J connectivity index is 2.98. The van der Waals surface area contributed by atoms with Crippen LogP contribution in [0.2, 0.25) is 10.0 Å². The second-order valence-corrected chi connectivity index (χ2v) is 8.12. The summed E-state index contributed by atoms with van der Waals surface area (Å²) in [4.78, 5) is 0. The summed E-state index contributed by atoms with van der Waals surface area (Å²) in [6, 6.07) is 4.68. The highest BCUT2D eigenvalue weighted by atomic mass is 35.5. The Bertz CT molecular complexity index is 563. The van der Waals surface area contributed by atoms with Crippen LogP contribution in [0.4, 0.5) is 0 Å². The van der Waals surface area contributed by atoms with E-state index in [-0.39, 0.29) is 17.7 Å². The van der Waals surface area contributed by atoms with Gasteiger partial charge < -0.3 is 0 Å². The van der Waals surface area contributed by atoms with Gasteiger partial charge in [0.25, 0.3) is 0 Å². The van der Waals surface area contributed by atoms with E-state index in [9.17, 15) is 8.42 Å². The zero-order valence-electron chi connectivity index (χ0n) is 11.6. The minimum Gasteiger partial charge on any atom is -0.212 e. The molecule has 1 aromatic carbocycles. The Hall–Kier alpha value is -0.000000000000000222. The maximum atomic E-state index is 12.3. The number of nitrogens with zero attached hydrogens (tertiary/aromatic N) is 1. The minimum atomic E-state index is -3.39. The summed E-state index contributed by atoms with van der Waals surface area (Å²) in [7, 11) is -1.84. The highest BCUT2D eigenvalue weighted by Gasteiger charge is 2.27. The second kappa shape index (κ2) is 7.32. The van der Waals surface area contributed by atoms with Crippen molar-refractivity contribution in [2.45, 2.75) is 19.9 Å². The van der Waals surface area contributed by atoms with Gasteiger partial charge in [-0.1, -0.05) is 36.2 Å². The predicted molar refractivity (Wildman–Crippen MR) is 86.3 cm³/mol. The van der Waals surface area contributed by atoms with E-state index in [1.54, 1.807) is 39.1 Å². The van der Waals surface area contributed by atoms with Crippen molar-refractivity contribution in [3.63, 3.8) is 0 Å². The van der Waals surface area contributed by atoms with Gasteiger partial charge in [0.15, 0.2) is 0 Å². The molecule has 0 aliphatic heterocycles. The van der Waals surface area contributed by atoms with Gasteiger partial charge in [0, 0.05) is 29.0 Å². The molecule has 20 heavy (non-hydrogen) atoms. The Morgan fingerprint density at radius 3 is 2.35 bits per heavy atom. The number of hydrogen-bond donors (Lipinski definition) is 0. The highest BCUT2D eigenvalue weighted by Crippen LogP contribution is 2.30. The molecule has 0 bridgehead atoms. The molecule has 0 spiro atoms. The van der Waals surface area contributed by atoms with E-state index in [1.165, 1.54) is 4.31 Å². The lowest BCUT2D eigenvalue weighted by Crippen LogP contribution is -2.34. The Kier molecular flexibility index (Phi) is 6.61. The highest BCUT2D eigenvalue weighted by molar-refractivity contribution is 7.89. The molecule has 0 amide bonds. The molecule has 1 rings (SSSR count). The zero-order valence-corrected chi connectivity index (χ0v) is 14.7. The quantitative estimate of drug-likeness (QED) is 0.715. The minimum absolute atomic E-state index is 0.0164. The van der Waals surface area contributed by atoms with Gasteiger partial charge >= 0.3 is 0 Å². The lowest BCUT2D eigenvalue weighted by atomic mass is 10.1. The van der Waals surface area contributed by atoms with Gasteiger partial charge in [-0.05, 0) is 30.5 Å². The van der Waals surface area contributed by atoms with Gasteiger partial charge in [-0.3, -0.25) is 0 Å². The smallest absolute Gasteiger partial charge is 0.212 e. The van der Waals surface area contributed by atoms with Gasteiger partial charge in [-0.15, -0.1) is 11.6 Å². The van der Waals surface area contributed by atoms with Crippen molar-refractivity contribution in [2.24, 2.45) is 5.92 Å². The molecule has 0 heterocycles. The van der Waals surface area contributed by atoms with Gasteiger partial charge in [0.2, 0.25) is 10.0 Å². The van der Waals surface area contributed by atoms with E-state index >= 15 is 0 Å². The molecule has 0 radical (unpaired) electrons. The third kappa shape index (κ3) is 4.50. The summed E-state index contributed by atoms with van der Waals surface area (Å²) in [5.74, 6) is 0.225. The summed E-state index contributed by atoms with van der Waals surface area (Å²) >= 11 is 17.7. The molecule has 0 fully saturated rings. The maximum absolute atomic E-state index is 12.3. The number of hydrogen-bond acceptors (Lipinski definition) is 2. The van der Waals surface area contributed by atoms with Crippen molar-refractivity contribution in [3.05, 3.63) is 33.8 Å². The second-order valence-electron chi connectivity index (χ2n) is 4.90. The summed E-state index contributed by atoms with van der Waals surface area (Å²) in [5, 5.41) is 0.977. The average Bonchev–Trinajstić information content (AvgIpc) is 2.36. The van der Waals surface area contributed by atoms with E-state index < -0.39 is 10.0 Å². The molecule has 1 aromatic rings. The first-order chi connectivity index (χ1) is 9.19. The number of halogens is 3. The molecule has 2 atom stereocenters. The molecule has 0 aromatic heterocycles. The van der Waals surface area contributed by atoms with Crippen LogP contribution in [0.25, 0.3) is 0 Å². The first-order valence-corrected chi connectivity index (χ1v) is 9.05. The first-order valence-electron chi connectivity index (χ1n) is 6.15. The molecule has 0 saturated heterocycles. The van der Waals surface area contributed by atoms with Gasteiger partial charge in [0.1, 0.15) is 0 Å². The summed E-state index contributed by atoms with van der Waals surface area (Å²) in [5.41, 5.74) is 0.723. The fourth-order valence-corrected chi connectivity index (χ4v) is 4.27. The standard InChI is InChI=1S/C13H18Cl3NO2S/c1-9(7-14)8-20(18,19)17(3)10(2)12-5-4-11(15)6-13(12)16/h4-6,9-10H,7-8H2,1-3H3. The fourth-order valence-electron chi connectivity index (χ4n) is 1.80. The average molecular weight is 359 g/mol. The first kappa shape index (κ1) is 18.1. The van der Waals surface area contributed by atoms with Gasteiger partial charge in [-0.25, -0.2) is 8.42 Å². The van der Waals surface area contributed by atoms with Crippen molar-refractivity contribution in [2.75, 3.05) is 18.7 Å². The largest absolute Gasteiger partial charge is 0.214 e. The number of rotatable bonds is 6. The molecule has 0 N–H and O–H groups in total. The van der Waals surface area contributed by atoms with Crippen LogP contribution in [-0.2, 0) is 10.0 Å². The molecule has 0 aliphatic rings. The molecule has 7 heteroatoms. The van der Waals surface area contributed by atoms with Crippen LogP contribution in [0.1, 0.15) is 25.5 Å². The third-order valence-electron chi connectivity index (χ3n) is 3.16. The SMILES string of the molecule is CC(CCl)CS(=O)(=O)N(C)C(C)c1ccc(Cl)cc1Cl. The van der Waals surface area contributed by atoms with Crippen LogP contribution in [-0.4, -0.2) is 31.4 Å². The summed E-state index contributed by atoms with van der Waals surface area (Å²) < 4.78 is 25.9. The maximum Gasteiger partial charge on any atom is 0.214 e. The van der Waals surface area contributed by atoms with Gasteiger partial charge in [0.05, 0.1) is 5.75 Å². The predicted octanol–water partition coefficient (Wildman–Crippen LogP) is 4.19. The fraction of sp³-hybridized carbons (Fsp3) is 0.538. The van der Waals surface area contributed by atoms with Crippen LogP contribution < -0.4 is 0 Å². The van der Waals surface area contributed by atoms with E-state index in [2.05, 4.69) is 0 Å². The molecule has 0 aliphatic carbocycles. The van der Waals surface area contributed by atoms with E-state index in [0.29, 0.717) is 15.9 Å². The molecule has 3 nitrogen and oxygen atoms in total. The molecular formula is C13H18Cl3NO2S. The van der Waals surface area contributed by atoms with Crippen LogP contribution in [0, 0.1) is 5.92 Å². The van der Waals surface area contributed by atoms with Crippen molar-refractivity contribution >= 4 is 44.8 Å². The van der Waals surface area contributed by atoms with Crippen molar-refractivity contribution < 1.29 is 8.42 Å². The van der Waals surface area contributed by atoms with Crippen LogP contribution in [0.15, 0.2) is 18.2 Å². The zero-order chi connectivity index (χ0) is 15.5. The molecule has 2 unspecified atom stereocenters. The Morgan fingerprint density at radius 2 is 1.85 bits per heavy atom. The number of benzene rings is 1. The lowest BCUT2D eigenvalue weighted by Gasteiger charge is -2.26. The van der Waals surface area contributed by atoms with Crippen LogP contribution in [0.5, 0.6) is 0 Å². The Labute approximate surface area is 135 Å². The van der Waals surface area contributed by atoms with E-state index in [1.807, 2.05) is 0 Å². The molecule has 0 saturated carbocycles. The molecular weight excluding hydrogens is 341 g/mol. The van der Waals surface area contributed by atoms with E-state index in [4.69, 9.17) is 34.8 Å². The van der Waals surface area contributed by atoms with Crippen molar-refractivity contribution in [3.8, 4) is 0 Å². The normalized spacial score (nSPS) is 15.3. The molecule has 114 valence electrons. The lowest BCUT2D eigenvalue weighted by molar-refractivity contribution is 0.395. The van der Waals surface area contributed by atoms with Crippen molar-refractivity contribution in [1.82, 2.24) is 4.31 Å². The van der Waals surface area contributed by atoms with Crippen LogP contribution >= 0.6 is 34.8 Å². The Morgan fingerprint density at radius 1 is 1.25 bits per heavy atom. The number of sulfonamides is 1. The summed E-state index contributed by atoms with van der Waals surface area (Å²) in [6.45, 7) is 3.59. The third-order valence-corrected chi connectivity index (χ3v) is 6.43. The number of alkyl halides is 1.